The molecular weight excluding hydrogens is 330 g/mol. The second-order valence-corrected chi connectivity index (χ2v) is 6.53. The van der Waals surface area contributed by atoms with Crippen LogP contribution in [0.15, 0.2) is 71.8 Å². The third kappa shape index (κ3) is 2.40. The summed E-state index contributed by atoms with van der Waals surface area (Å²) in [7, 11) is 0. The third-order valence-electron chi connectivity index (χ3n) is 4.82. The first-order valence-corrected chi connectivity index (χ1v) is 8.29. The number of aliphatic hydroxyl groups excluding tert-OH is 1. The van der Waals surface area contributed by atoms with Gasteiger partial charge in [-0.3, -0.25) is 9.59 Å². The van der Waals surface area contributed by atoms with Crippen molar-refractivity contribution in [2.75, 3.05) is 0 Å². The smallest absolute Gasteiger partial charge is 0.175 e. The molecule has 2 aliphatic carbocycles. The van der Waals surface area contributed by atoms with Crippen molar-refractivity contribution in [2.45, 2.75) is 6.92 Å². The number of hydrogen-bond acceptors (Lipinski definition) is 5. The second kappa shape index (κ2) is 5.88. The standard InChI is InChI=1S/C21H17NO4/c1-11-6-8-12(9-7-11)26-16-10-15(23)17-18(19(16)22)21(25)14-5-3-2-4-13(14)20(17)24/h2-10,17-18,23H,22H2,1H3. The highest BCUT2D eigenvalue weighted by molar-refractivity contribution is 6.18. The number of benzene rings is 2. The van der Waals surface area contributed by atoms with Crippen LogP contribution in [0.5, 0.6) is 5.75 Å². The summed E-state index contributed by atoms with van der Waals surface area (Å²) in [5.41, 5.74) is 8.08. The Labute approximate surface area is 150 Å². The van der Waals surface area contributed by atoms with E-state index in [-0.39, 0.29) is 28.8 Å². The van der Waals surface area contributed by atoms with Crippen LogP contribution in [0.3, 0.4) is 0 Å². The topological polar surface area (TPSA) is 89.6 Å². The van der Waals surface area contributed by atoms with E-state index in [9.17, 15) is 14.7 Å². The Bertz CT molecular complexity index is 985. The second-order valence-electron chi connectivity index (χ2n) is 6.53. The van der Waals surface area contributed by atoms with Crippen molar-refractivity contribution in [3.63, 3.8) is 0 Å². The summed E-state index contributed by atoms with van der Waals surface area (Å²) in [6.45, 7) is 1.96. The molecule has 26 heavy (non-hydrogen) atoms. The Morgan fingerprint density at radius 2 is 1.50 bits per heavy atom. The number of nitrogens with two attached hydrogens (primary N) is 1. The van der Waals surface area contributed by atoms with Crippen molar-refractivity contribution >= 4 is 11.6 Å². The first-order valence-electron chi connectivity index (χ1n) is 8.29. The Balaban J connectivity index is 1.78. The van der Waals surface area contributed by atoms with Crippen molar-refractivity contribution in [3.8, 4) is 5.75 Å². The van der Waals surface area contributed by atoms with Gasteiger partial charge in [0.1, 0.15) is 17.3 Å². The molecule has 0 radical (unpaired) electrons. The van der Waals surface area contributed by atoms with Gasteiger partial charge in [-0.25, -0.2) is 0 Å². The molecule has 2 atom stereocenters. The van der Waals surface area contributed by atoms with Crippen LogP contribution in [0.25, 0.3) is 0 Å². The molecule has 0 saturated carbocycles. The minimum absolute atomic E-state index is 0.154. The fourth-order valence-corrected chi connectivity index (χ4v) is 3.46. The normalized spacial score (nSPS) is 21.8. The highest BCUT2D eigenvalue weighted by Crippen LogP contribution is 2.40. The highest BCUT2D eigenvalue weighted by Gasteiger charge is 2.47. The van der Waals surface area contributed by atoms with Crippen LogP contribution in [-0.2, 0) is 0 Å². The number of ether oxygens (including phenoxy) is 1. The van der Waals surface area contributed by atoms with Gasteiger partial charge in [0, 0.05) is 17.2 Å². The monoisotopic (exact) mass is 347 g/mol. The predicted molar refractivity (Wildman–Crippen MR) is 95.8 cm³/mol. The van der Waals surface area contributed by atoms with Crippen LogP contribution in [-0.4, -0.2) is 16.7 Å². The first-order chi connectivity index (χ1) is 12.5. The van der Waals surface area contributed by atoms with Gasteiger partial charge in [0.15, 0.2) is 11.6 Å². The zero-order valence-electron chi connectivity index (χ0n) is 14.1. The lowest BCUT2D eigenvalue weighted by Gasteiger charge is -2.33. The number of hydrogen-bond donors (Lipinski definition) is 2. The molecule has 2 unspecified atom stereocenters. The van der Waals surface area contributed by atoms with E-state index in [4.69, 9.17) is 10.5 Å². The van der Waals surface area contributed by atoms with Gasteiger partial charge in [0.2, 0.25) is 0 Å². The summed E-state index contributed by atoms with van der Waals surface area (Å²) in [6, 6.07) is 13.9. The van der Waals surface area contributed by atoms with Gasteiger partial charge in [-0.05, 0) is 19.1 Å². The van der Waals surface area contributed by atoms with Crippen LogP contribution in [0.4, 0.5) is 0 Å². The minimum Gasteiger partial charge on any atom is -0.511 e. The molecule has 2 aromatic rings. The molecule has 0 saturated heterocycles. The molecule has 2 aliphatic rings. The molecule has 3 N–H and O–H groups in total. The van der Waals surface area contributed by atoms with Crippen LogP contribution in [0, 0.1) is 18.8 Å². The predicted octanol–water partition coefficient (Wildman–Crippen LogP) is 3.31. The summed E-state index contributed by atoms with van der Waals surface area (Å²) in [6.07, 6.45) is 1.33. The Hall–Kier alpha value is -3.34. The van der Waals surface area contributed by atoms with Gasteiger partial charge < -0.3 is 15.6 Å². The summed E-state index contributed by atoms with van der Waals surface area (Å²) < 4.78 is 5.77. The fourth-order valence-electron chi connectivity index (χ4n) is 3.46. The van der Waals surface area contributed by atoms with E-state index in [2.05, 4.69) is 0 Å². The molecule has 130 valence electrons. The Morgan fingerprint density at radius 3 is 2.12 bits per heavy atom. The number of allylic oxidation sites excluding steroid dienone is 3. The van der Waals surface area contributed by atoms with Crippen LogP contribution in [0.1, 0.15) is 26.3 Å². The van der Waals surface area contributed by atoms with Crippen molar-refractivity contribution < 1.29 is 19.4 Å². The summed E-state index contributed by atoms with van der Waals surface area (Å²) in [5.74, 6) is -2.03. The average molecular weight is 347 g/mol. The van der Waals surface area contributed by atoms with E-state index in [0.29, 0.717) is 16.9 Å². The van der Waals surface area contributed by atoms with Crippen LogP contribution < -0.4 is 10.5 Å². The molecule has 0 aromatic heterocycles. The molecular formula is C21H17NO4. The number of rotatable bonds is 2. The molecule has 4 rings (SSSR count). The zero-order chi connectivity index (χ0) is 18.4. The van der Waals surface area contributed by atoms with Gasteiger partial charge in [-0.2, -0.15) is 0 Å². The number of aryl methyl sites for hydroxylation is 1. The first kappa shape index (κ1) is 16.1. The van der Waals surface area contributed by atoms with Crippen molar-refractivity contribution in [1.82, 2.24) is 0 Å². The molecule has 0 heterocycles. The molecule has 0 amide bonds. The molecule has 5 nitrogen and oxygen atoms in total. The lowest BCUT2D eigenvalue weighted by Crippen LogP contribution is -2.43. The molecule has 0 aliphatic heterocycles. The number of carbonyl (C=O) groups is 2. The molecule has 2 aromatic carbocycles. The lowest BCUT2D eigenvalue weighted by atomic mass is 9.70. The van der Waals surface area contributed by atoms with Gasteiger partial charge in [-0.1, -0.05) is 42.0 Å². The van der Waals surface area contributed by atoms with E-state index in [1.54, 1.807) is 36.4 Å². The lowest BCUT2D eigenvalue weighted by molar-refractivity contribution is 0.0742. The van der Waals surface area contributed by atoms with E-state index in [1.165, 1.54) is 6.08 Å². The molecule has 0 fully saturated rings. The third-order valence-corrected chi connectivity index (χ3v) is 4.82. The van der Waals surface area contributed by atoms with Crippen LogP contribution >= 0.6 is 0 Å². The summed E-state index contributed by atoms with van der Waals surface area (Å²) >= 11 is 0. The fraction of sp³-hybridized carbons (Fsp3) is 0.143. The maximum absolute atomic E-state index is 12.9. The van der Waals surface area contributed by atoms with Crippen LogP contribution in [0.2, 0.25) is 0 Å². The average Bonchev–Trinajstić information content (AvgIpc) is 2.64. The number of Topliss-reactive ketones (excluding diaryl/α,β-unsaturated/α-hetero) is 2. The summed E-state index contributed by atoms with van der Waals surface area (Å²) in [4.78, 5) is 25.7. The van der Waals surface area contributed by atoms with Crippen molar-refractivity contribution in [3.05, 3.63) is 88.5 Å². The van der Waals surface area contributed by atoms with Crippen molar-refractivity contribution in [2.24, 2.45) is 17.6 Å². The quantitative estimate of drug-likeness (QED) is 0.870. The minimum atomic E-state index is -0.997. The van der Waals surface area contributed by atoms with E-state index < -0.39 is 11.8 Å². The van der Waals surface area contributed by atoms with E-state index in [1.807, 2.05) is 19.1 Å². The van der Waals surface area contributed by atoms with Crippen molar-refractivity contribution in [1.29, 1.82) is 0 Å². The van der Waals surface area contributed by atoms with E-state index in [0.717, 1.165) is 5.56 Å². The van der Waals surface area contributed by atoms with Gasteiger partial charge in [0.05, 0.1) is 17.5 Å². The maximum Gasteiger partial charge on any atom is 0.175 e. The number of ketones is 2. The zero-order valence-corrected chi connectivity index (χ0v) is 14.1. The number of aliphatic hydroxyl groups is 1. The Kier molecular flexibility index (Phi) is 3.65. The molecule has 5 heteroatoms. The molecule has 0 bridgehead atoms. The SMILES string of the molecule is Cc1ccc(OC2=C(N)C3C(=O)c4ccccc4C(=O)C3C(O)=C2)cc1. The maximum atomic E-state index is 12.9. The van der Waals surface area contributed by atoms with Gasteiger partial charge in [-0.15, -0.1) is 0 Å². The molecule has 0 spiro atoms. The highest BCUT2D eigenvalue weighted by atomic mass is 16.5. The Morgan fingerprint density at radius 1 is 0.923 bits per heavy atom. The van der Waals surface area contributed by atoms with E-state index >= 15 is 0 Å². The largest absolute Gasteiger partial charge is 0.511 e. The number of fused-ring (bicyclic) bond motifs is 2. The van der Waals surface area contributed by atoms with Gasteiger partial charge >= 0.3 is 0 Å². The van der Waals surface area contributed by atoms with Gasteiger partial charge in [0.25, 0.3) is 0 Å². The number of carbonyl (C=O) groups excluding carboxylic acids is 2. The summed E-state index contributed by atoms with van der Waals surface area (Å²) in [5, 5.41) is 10.4.